The zero-order chi connectivity index (χ0) is 15.6. The molecule has 1 aromatic rings. The Morgan fingerprint density at radius 2 is 1.96 bits per heavy atom. The zero-order valence-electron chi connectivity index (χ0n) is 13.0. The second-order valence-corrected chi connectivity index (χ2v) is 6.03. The van der Waals surface area contributed by atoms with E-state index in [0.717, 1.165) is 36.4 Å². The number of rotatable bonds is 2. The van der Waals surface area contributed by atoms with Crippen LogP contribution in [0.4, 0.5) is 0 Å². The van der Waals surface area contributed by atoms with E-state index in [9.17, 15) is 4.79 Å². The number of ether oxygens (including phenoxy) is 4. The Balaban J connectivity index is 1.54. The second-order valence-electron chi connectivity index (χ2n) is 6.03. The summed E-state index contributed by atoms with van der Waals surface area (Å²) in [6, 6.07) is 6.04. The Kier molecular flexibility index (Phi) is 4.10. The zero-order valence-corrected chi connectivity index (χ0v) is 13.0. The summed E-state index contributed by atoms with van der Waals surface area (Å²) in [5.41, 5.74) is 1.09. The predicted molar refractivity (Wildman–Crippen MR) is 81.7 cm³/mol. The molecule has 124 valence electrons. The average Bonchev–Trinajstić information content (AvgIpc) is 3.11. The van der Waals surface area contributed by atoms with Gasteiger partial charge in [0, 0.05) is 6.54 Å². The normalized spacial score (nSPS) is 27.0. The van der Waals surface area contributed by atoms with Gasteiger partial charge in [-0.3, -0.25) is 4.79 Å². The highest BCUT2D eigenvalue weighted by molar-refractivity contribution is 5.82. The standard InChI is InChI=1S/C17H21NO5/c19-17(16-11-20-6-7-23-16)18-5-1-2-13(18)12-3-4-14-15(10-12)22-9-8-21-14/h3-4,10,13,16H,1-2,5-9,11H2/t13-,16+/m0/s1. The SMILES string of the molecule is O=C([C@H]1COCCO1)N1CCC[C@H]1c1ccc2c(c1)OCCO2. The fraction of sp³-hybridized carbons (Fsp3) is 0.588. The molecule has 0 saturated carbocycles. The van der Waals surface area contributed by atoms with Crippen molar-refractivity contribution in [2.75, 3.05) is 39.6 Å². The van der Waals surface area contributed by atoms with Crippen LogP contribution in [0.25, 0.3) is 0 Å². The lowest BCUT2D eigenvalue weighted by Crippen LogP contribution is -2.45. The molecule has 6 nitrogen and oxygen atoms in total. The summed E-state index contributed by atoms with van der Waals surface area (Å²) in [4.78, 5) is 14.7. The highest BCUT2D eigenvalue weighted by Gasteiger charge is 2.35. The summed E-state index contributed by atoms with van der Waals surface area (Å²) >= 11 is 0. The first kappa shape index (κ1) is 14.8. The van der Waals surface area contributed by atoms with Gasteiger partial charge in [-0.05, 0) is 30.5 Å². The predicted octanol–water partition coefficient (Wildman–Crippen LogP) is 1.54. The smallest absolute Gasteiger partial charge is 0.254 e. The van der Waals surface area contributed by atoms with Gasteiger partial charge >= 0.3 is 0 Å². The highest BCUT2D eigenvalue weighted by atomic mass is 16.6. The molecular formula is C17H21NO5. The van der Waals surface area contributed by atoms with E-state index in [1.165, 1.54) is 0 Å². The van der Waals surface area contributed by atoms with Gasteiger partial charge in [-0.25, -0.2) is 0 Å². The highest BCUT2D eigenvalue weighted by Crippen LogP contribution is 2.38. The van der Waals surface area contributed by atoms with Gasteiger partial charge in [-0.2, -0.15) is 0 Å². The van der Waals surface area contributed by atoms with Crippen LogP contribution in [0.15, 0.2) is 18.2 Å². The first-order chi connectivity index (χ1) is 11.3. The molecule has 23 heavy (non-hydrogen) atoms. The number of benzene rings is 1. The number of nitrogens with zero attached hydrogens (tertiary/aromatic N) is 1. The van der Waals surface area contributed by atoms with Crippen LogP contribution < -0.4 is 9.47 Å². The van der Waals surface area contributed by atoms with E-state index in [4.69, 9.17) is 18.9 Å². The van der Waals surface area contributed by atoms with Crippen LogP contribution in [0, 0.1) is 0 Å². The summed E-state index contributed by atoms with van der Waals surface area (Å²) in [5, 5.41) is 0. The molecular weight excluding hydrogens is 298 g/mol. The molecule has 0 aromatic heterocycles. The molecule has 0 spiro atoms. The fourth-order valence-corrected chi connectivity index (χ4v) is 3.46. The van der Waals surface area contributed by atoms with E-state index < -0.39 is 6.10 Å². The monoisotopic (exact) mass is 319 g/mol. The minimum Gasteiger partial charge on any atom is -0.486 e. The van der Waals surface area contributed by atoms with Crippen molar-refractivity contribution in [1.29, 1.82) is 0 Å². The summed E-state index contributed by atoms with van der Waals surface area (Å²) in [7, 11) is 0. The van der Waals surface area contributed by atoms with Gasteiger partial charge in [0.25, 0.3) is 5.91 Å². The molecule has 2 atom stereocenters. The molecule has 3 aliphatic heterocycles. The number of carbonyl (C=O) groups is 1. The minimum absolute atomic E-state index is 0.0297. The molecule has 1 aromatic carbocycles. The molecule has 0 bridgehead atoms. The Bertz CT molecular complexity index is 584. The van der Waals surface area contributed by atoms with Crippen LogP contribution in [0.5, 0.6) is 11.5 Å². The van der Waals surface area contributed by atoms with Crippen molar-refractivity contribution in [3.05, 3.63) is 23.8 Å². The number of likely N-dealkylation sites (tertiary alicyclic amines) is 1. The fourth-order valence-electron chi connectivity index (χ4n) is 3.46. The Labute approximate surface area is 135 Å². The second kappa shape index (κ2) is 6.37. The molecule has 0 aliphatic carbocycles. The van der Waals surface area contributed by atoms with Gasteiger partial charge in [0.05, 0.1) is 25.9 Å². The quantitative estimate of drug-likeness (QED) is 0.827. The van der Waals surface area contributed by atoms with Crippen LogP contribution in [-0.4, -0.2) is 56.5 Å². The molecule has 3 heterocycles. The van der Waals surface area contributed by atoms with Crippen molar-refractivity contribution in [2.45, 2.75) is 25.0 Å². The van der Waals surface area contributed by atoms with Crippen molar-refractivity contribution in [1.82, 2.24) is 4.90 Å². The van der Waals surface area contributed by atoms with E-state index >= 15 is 0 Å². The van der Waals surface area contributed by atoms with E-state index in [1.54, 1.807) is 0 Å². The number of hydrogen-bond acceptors (Lipinski definition) is 5. The third kappa shape index (κ3) is 2.88. The van der Waals surface area contributed by atoms with Gasteiger partial charge in [-0.15, -0.1) is 0 Å². The topological polar surface area (TPSA) is 57.2 Å². The van der Waals surface area contributed by atoms with Crippen molar-refractivity contribution >= 4 is 5.91 Å². The lowest BCUT2D eigenvalue weighted by Gasteiger charge is -2.31. The van der Waals surface area contributed by atoms with Crippen LogP contribution in [0.1, 0.15) is 24.4 Å². The lowest BCUT2D eigenvalue weighted by atomic mass is 10.0. The van der Waals surface area contributed by atoms with Crippen molar-refractivity contribution < 1.29 is 23.7 Å². The van der Waals surface area contributed by atoms with Crippen molar-refractivity contribution in [3.8, 4) is 11.5 Å². The van der Waals surface area contributed by atoms with Gasteiger partial charge in [0.15, 0.2) is 17.6 Å². The summed E-state index contributed by atoms with van der Waals surface area (Å²) in [6.45, 7) is 3.31. The van der Waals surface area contributed by atoms with Crippen molar-refractivity contribution in [3.63, 3.8) is 0 Å². The van der Waals surface area contributed by atoms with Gasteiger partial charge in [0.2, 0.25) is 0 Å². The Morgan fingerprint density at radius 1 is 1.09 bits per heavy atom. The molecule has 0 N–H and O–H groups in total. The summed E-state index contributed by atoms with van der Waals surface area (Å²) < 4.78 is 22.2. The van der Waals surface area contributed by atoms with Crippen LogP contribution in [0.2, 0.25) is 0 Å². The molecule has 3 aliphatic rings. The first-order valence-electron chi connectivity index (χ1n) is 8.22. The maximum atomic E-state index is 12.7. The largest absolute Gasteiger partial charge is 0.486 e. The average molecular weight is 319 g/mol. The summed E-state index contributed by atoms with van der Waals surface area (Å²) in [5.74, 6) is 1.58. The number of fused-ring (bicyclic) bond motifs is 1. The number of amides is 1. The third-order valence-electron chi connectivity index (χ3n) is 4.58. The van der Waals surface area contributed by atoms with E-state index in [1.807, 2.05) is 23.1 Å². The van der Waals surface area contributed by atoms with Crippen LogP contribution >= 0.6 is 0 Å². The van der Waals surface area contributed by atoms with Gasteiger partial charge in [0.1, 0.15) is 13.2 Å². The van der Waals surface area contributed by atoms with Crippen LogP contribution in [-0.2, 0) is 14.3 Å². The first-order valence-corrected chi connectivity index (χ1v) is 8.22. The third-order valence-corrected chi connectivity index (χ3v) is 4.58. The Hall–Kier alpha value is -1.79. The molecule has 0 unspecified atom stereocenters. The molecule has 2 saturated heterocycles. The van der Waals surface area contributed by atoms with E-state index in [2.05, 4.69) is 0 Å². The van der Waals surface area contributed by atoms with Gasteiger partial charge in [-0.1, -0.05) is 6.07 Å². The molecule has 2 fully saturated rings. The molecule has 6 heteroatoms. The number of carbonyl (C=O) groups excluding carboxylic acids is 1. The maximum Gasteiger partial charge on any atom is 0.254 e. The van der Waals surface area contributed by atoms with E-state index in [0.29, 0.717) is 33.0 Å². The summed E-state index contributed by atoms with van der Waals surface area (Å²) in [6.07, 6.45) is 1.48. The molecule has 4 rings (SSSR count). The minimum atomic E-state index is -0.471. The molecule has 1 amide bonds. The maximum absolute atomic E-state index is 12.7. The van der Waals surface area contributed by atoms with Crippen molar-refractivity contribution in [2.24, 2.45) is 0 Å². The van der Waals surface area contributed by atoms with E-state index in [-0.39, 0.29) is 11.9 Å². The lowest BCUT2D eigenvalue weighted by molar-refractivity contribution is -0.158. The van der Waals surface area contributed by atoms with Gasteiger partial charge < -0.3 is 23.8 Å². The molecule has 0 radical (unpaired) electrons. The number of hydrogen-bond donors (Lipinski definition) is 0. The van der Waals surface area contributed by atoms with Crippen LogP contribution in [0.3, 0.4) is 0 Å². The Morgan fingerprint density at radius 3 is 2.78 bits per heavy atom.